The molecule has 6 nitrogen and oxygen atoms in total. The van der Waals surface area contributed by atoms with Gasteiger partial charge in [-0.15, -0.1) is 0 Å². The number of rotatable bonds is 6. The van der Waals surface area contributed by atoms with E-state index in [0.29, 0.717) is 39.4 Å². The van der Waals surface area contributed by atoms with Crippen molar-refractivity contribution in [3.8, 4) is 17.6 Å². The highest BCUT2D eigenvalue weighted by molar-refractivity contribution is 5.94. The van der Waals surface area contributed by atoms with Crippen LogP contribution in [0.4, 0.5) is 19.0 Å². The van der Waals surface area contributed by atoms with Gasteiger partial charge in [0.1, 0.15) is 23.4 Å². The number of aromatic nitrogens is 2. The number of nitrogens with one attached hydrogen (secondary N) is 1. The molecule has 0 aliphatic rings. The average molecular weight is 426 g/mol. The Hall–Kier alpha value is -3.93. The number of hydrogen-bond acceptors (Lipinski definition) is 5. The molecule has 9 heteroatoms. The fraction of sp³-hybridized carbons (Fsp3) is 0.182. The van der Waals surface area contributed by atoms with Crippen molar-refractivity contribution in [1.29, 1.82) is 5.26 Å². The van der Waals surface area contributed by atoms with Crippen molar-refractivity contribution in [1.82, 2.24) is 9.38 Å². The van der Waals surface area contributed by atoms with Crippen LogP contribution in [0.15, 0.2) is 42.6 Å². The Labute approximate surface area is 175 Å². The van der Waals surface area contributed by atoms with Crippen LogP contribution in [-0.4, -0.2) is 23.6 Å². The summed E-state index contributed by atoms with van der Waals surface area (Å²) in [6.45, 7) is -0.0647. The summed E-state index contributed by atoms with van der Waals surface area (Å²) in [5.41, 5.74) is 1.01. The average Bonchev–Trinajstić information content (AvgIpc) is 3.20. The number of hydrogen-bond donors (Lipinski definition) is 1. The first-order chi connectivity index (χ1) is 15.0. The molecule has 0 spiro atoms. The van der Waals surface area contributed by atoms with Crippen LogP contribution in [0.25, 0.3) is 16.6 Å². The first-order valence-corrected chi connectivity index (χ1v) is 9.24. The highest BCUT2D eigenvalue weighted by Crippen LogP contribution is 2.36. The van der Waals surface area contributed by atoms with Gasteiger partial charge >= 0.3 is 0 Å². The second kappa shape index (κ2) is 8.07. The Morgan fingerprint density at radius 1 is 1.16 bits per heavy atom. The first-order valence-electron chi connectivity index (χ1n) is 9.24. The summed E-state index contributed by atoms with van der Waals surface area (Å²) >= 11 is 0. The van der Waals surface area contributed by atoms with Crippen molar-refractivity contribution in [3.05, 3.63) is 65.1 Å². The predicted molar refractivity (Wildman–Crippen MR) is 109 cm³/mol. The van der Waals surface area contributed by atoms with Crippen LogP contribution in [0.2, 0.25) is 0 Å². The summed E-state index contributed by atoms with van der Waals surface area (Å²) in [5, 5.41) is 12.9. The highest BCUT2D eigenvalue weighted by atomic mass is 19.3. The van der Waals surface area contributed by atoms with Crippen molar-refractivity contribution in [3.63, 3.8) is 0 Å². The molecule has 2 heterocycles. The molecule has 0 aliphatic heterocycles. The van der Waals surface area contributed by atoms with Gasteiger partial charge in [-0.2, -0.15) is 5.26 Å². The first kappa shape index (κ1) is 20.3. The van der Waals surface area contributed by atoms with Gasteiger partial charge in [-0.05, 0) is 6.07 Å². The maximum Gasteiger partial charge on any atom is 0.266 e. The van der Waals surface area contributed by atoms with E-state index in [2.05, 4.69) is 16.4 Å². The van der Waals surface area contributed by atoms with Crippen LogP contribution >= 0.6 is 0 Å². The van der Waals surface area contributed by atoms with Gasteiger partial charge in [0.15, 0.2) is 11.5 Å². The van der Waals surface area contributed by atoms with Crippen molar-refractivity contribution in [2.24, 2.45) is 0 Å². The molecule has 0 radical (unpaired) electrons. The number of methoxy groups -OCH3 is 2. The van der Waals surface area contributed by atoms with Crippen molar-refractivity contribution in [2.45, 2.75) is 13.0 Å². The van der Waals surface area contributed by atoms with E-state index in [-0.39, 0.29) is 12.1 Å². The molecule has 158 valence electrons. The maximum absolute atomic E-state index is 14.4. The lowest BCUT2D eigenvalue weighted by molar-refractivity contribution is 0.146. The van der Waals surface area contributed by atoms with E-state index >= 15 is 0 Å². The molecule has 0 bridgehead atoms. The number of nitrogens with zero attached hydrogens (tertiary/aromatic N) is 3. The van der Waals surface area contributed by atoms with Crippen LogP contribution < -0.4 is 14.8 Å². The van der Waals surface area contributed by atoms with Gasteiger partial charge in [0.25, 0.3) is 6.43 Å². The van der Waals surface area contributed by atoms with Crippen LogP contribution in [-0.2, 0) is 6.54 Å². The largest absolute Gasteiger partial charge is 0.493 e. The molecule has 0 unspecified atom stereocenters. The number of halogens is 3. The number of nitriles is 1. The maximum atomic E-state index is 14.4. The molecule has 4 rings (SSSR count). The van der Waals surface area contributed by atoms with Gasteiger partial charge < -0.3 is 14.8 Å². The minimum absolute atomic E-state index is 0.0647. The zero-order valence-electron chi connectivity index (χ0n) is 16.6. The van der Waals surface area contributed by atoms with Crippen molar-refractivity contribution < 1.29 is 22.6 Å². The second-order valence-electron chi connectivity index (χ2n) is 6.73. The van der Waals surface area contributed by atoms with E-state index in [1.165, 1.54) is 26.4 Å². The SMILES string of the molecule is COc1cc2c(NCc3cccc(C(F)F)c3F)nc3cc(C#N)cn3c2cc1OC. The van der Waals surface area contributed by atoms with Crippen LogP contribution in [0.3, 0.4) is 0 Å². The van der Waals surface area contributed by atoms with Crippen LogP contribution in [0.1, 0.15) is 23.1 Å². The fourth-order valence-electron chi connectivity index (χ4n) is 3.44. The third-order valence-corrected chi connectivity index (χ3v) is 4.96. The molecule has 0 amide bonds. The Balaban J connectivity index is 1.85. The zero-order valence-corrected chi connectivity index (χ0v) is 16.6. The standard InChI is InChI=1S/C22H17F3N4O2/c1-30-17-7-15-16(8-18(17)31-2)29-11-12(9-26)6-19(29)28-22(15)27-10-13-4-3-5-14(20(13)23)21(24)25/h3-8,11,21H,10H2,1-2H3,(H,27,28). The predicted octanol–water partition coefficient (Wildman–Crippen LogP) is 5.07. The van der Waals surface area contributed by atoms with Crippen LogP contribution in [0, 0.1) is 17.1 Å². The topological polar surface area (TPSA) is 71.6 Å². The Morgan fingerprint density at radius 3 is 2.58 bits per heavy atom. The number of fused-ring (bicyclic) bond motifs is 3. The Bertz CT molecular complexity index is 1330. The van der Waals surface area contributed by atoms with E-state index in [4.69, 9.17) is 9.47 Å². The Kier molecular flexibility index (Phi) is 5.29. The monoisotopic (exact) mass is 426 g/mol. The van der Waals surface area contributed by atoms with Gasteiger partial charge in [-0.25, -0.2) is 18.2 Å². The molecule has 0 saturated carbocycles. The van der Waals surface area contributed by atoms with E-state index in [9.17, 15) is 18.4 Å². The second-order valence-corrected chi connectivity index (χ2v) is 6.73. The van der Waals surface area contributed by atoms with Crippen molar-refractivity contribution >= 4 is 22.4 Å². The summed E-state index contributed by atoms with van der Waals surface area (Å²) in [7, 11) is 3.01. The minimum Gasteiger partial charge on any atom is -0.493 e. The van der Waals surface area contributed by atoms with E-state index in [0.717, 1.165) is 6.07 Å². The smallest absolute Gasteiger partial charge is 0.266 e. The normalized spacial score (nSPS) is 11.1. The third-order valence-electron chi connectivity index (χ3n) is 4.96. The van der Waals surface area contributed by atoms with Gasteiger partial charge in [0.05, 0.1) is 30.9 Å². The summed E-state index contributed by atoms with van der Waals surface area (Å²) in [6.07, 6.45) is -1.26. The molecular weight excluding hydrogens is 409 g/mol. The fourth-order valence-corrected chi connectivity index (χ4v) is 3.44. The van der Waals surface area contributed by atoms with Gasteiger partial charge in [-0.1, -0.05) is 18.2 Å². The number of anilines is 1. The molecule has 0 fully saturated rings. The van der Waals surface area contributed by atoms with E-state index < -0.39 is 17.8 Å². The molecule has 1 N–H and O–H groups in total. The van der Waals surface area contributed by atoms with Gasteiger partial charge in [-0.3, -0.25) is 4.40 Å². The molecule has 31 heavy (non-hydrogen) atoms. The van der Waals surface area contributed by atoms with E-state index in [1.807, 2.05) is 0 Å². The summed E-state index contributed by atoms with van der Waals surface area (Å²) in [4.78, 5) is 4.54. The van der Waals surface area contributed by atoms with Crippen molar-refractivity contribution in [2.75, 3.05) is 19.5 Å². The molecule has 4 aromatic rings. The summed E-state index contributed by atoms with van der Waals surface area (Å²) in [5.74, 6) is 0.367. The summed E-state index contributed by atoms with van der Waals surface area (Å²) in [6, 6.07) is 11.0. The highest BCUT2D eigenvalue weighted by Gasteiger charge is 2.18. The molecule has 0 atom stereocenters. The van der Waals surface area contributed by atoms with Crippen LogP contribution in [0.5, 0.6) is 11.5 Å². The van der Waals surface area contributed by atoms with Gasteiger partial charge in [0.2, 0.25) is 0 Å². The lowest BCUT2D eigenvalue weighted by atomic mass is 10.1. The minimum atomic E-state index is -2.91. The molecule has 2 aromatic carbocycles. The van der Waals surface area contributed by atoms with E-state index in [1.54, 1.807) is 28.8 Å². The van der Waals surface area contributed by atoms with Gasteiger partial charge in [0, 0.05) is 35.8 Å². The molecule has 0 aliphatic carbocycles. The molecular formula is C22H17F3N4O2. The Morgan fingerprint density at radius 2 is 1.90 bits per heavy atom. The molecule has 0 saturated heterocycles. The summed E-state index contributed by atoms with van der Waals surface area (Å²) < 4.78 is 53.0. The number of benzene rings is 2. The number of ether oxygens (including phenoxy) is 2. The zero-order chi connectivity index (χ0) is 22.1. The lowest BCUT2D eigenvalue weighted by Crippen LogP contribution is -2.07. The lowest BCUT2D eigenvalue weighted by Gasteiger charge is -2.15. The molecule has 2 aromatic heterocycles. The third kappa shape index (κ3) is 3.57. The quantitative estimate of drug-likeness (QED) is 0.466. The number of alkyl halides is 2.